The fraction of sp³-hybridized carbons (Fsp3) is 0.520. The molecule has 1 aliphatic carbocycles. The highest BCUT2D eigenvalue weighted by molar-refractivity contribution is 6.01. The van der Waals surface area contributed by atoms with Crippen molar-refractivity contribution in [1.82, 2.24) is 25.3 Å². The number of carbonyl (C=O) groups is 3. The van der Waals surface area contributed by atoms with E-state index in [2.05, 4.69) is 15.7 Å². The molecule has 3 heterocycles. The highest BCUT2D eigenvalue weighted by Gasteiger charge is 2.47. The van der Waals surface area contributed by atoms with E-state index in [1.54, 1.807) is 14.0 Å². The normalized spacial score (nSPS) is 22.5. The summed E-state index contributed by atoms with van der Waals surface area (Å²) in [6.45, 7) is 4.77. The standard InChI is InChI=1S/C25H31N5O5/c1-15(16-8-9-20-21(12-16)35-11-10-34-20)26-22(31)18-13-19-23(32)29(3)25(2,14-30(19)28-18)24(33)27-17-6-4-5-7-17/h8-9,12-13,15,17H,4-7,10-11,14H2,1-3H3,(H,26,31)(H,27,33). The zero-order chi connectivity index (χ0) is 24.7. The summed E-state index contributed by atoms with van der Waals surface area (Å²) in [4.78, 5) is 40.7. The van der Waals surface area contributed by atoms with E-state index in [0.29, 0.717) is 24.7 Å². The summed E-state index contributed by atoms with van der Waals surface area (Å²) in [5.74, 6) is 0.396. The second kappa shape index (κ2) is 8.90. The van der Waals surface area contributed by atoms with E-state index >= 15 is 0 Å². The molecule has 1 fully saturated rings. The van der Waals surface area contributed by atoms with Crippen LogP contribution in [0, 0.1) is 0 Å². The number of aromatic nitrogens is 2. The number of rotatable bonds is 5. The molecule has 10 nitrogen and oxygen atoms in total. The Kier molecular flexibility index (Phi) is 5.90. The van der Waals surface area contributed by atoms with Crippen LogP contribution in [0.1, 0.15) is 72.1 Å². The van der Waals surface area contributed by atoms with Crippen LogP contribution in [0.5, 0.6) is 11.5 Å². The van der Waals surface area contributed by atoms with E-state index in [-0.39, 0.29) is 41.8 Å². The third-order valence-corrected chi connectivity index (χ3v) is 7.33. The van der Waals surface area contributed by atoms with Crippen molar-refractivity contribution in [1.29, 1.82) is 0 Å². The number of amides is 3. The van der Waals surface area contributed by atoms with Crippen LogP contribution in [0.25, 0.3) is 0 Å². The summed E-state index contributed by atoms with van der Waals surface area (Å²) in [6.07, 6.45) is 4.11. The first-order valence-corrected chi connectivity index (χ1v) is 12.1. The Hall–Kier alpha value is -3.56. The van der Waals surface area contributed by atoms with Crippen molar-refractivity contribution in [3.05, 3.63) is 41.2 Å². The molecule has 35 heavy (non-hydrogen) atoms. The molecule has 2 unspecified atom stereocenters. The molecule has 3 aliphatic rings. The quantitative estimate of drug-likeness (QED) is 0.676. The Morgan fingerprint density at radius 1 is 1.14 bits per heavy atom. The fourth-order valence-electron chi connectivity index (χ4n) is 4.93. The Bertz CT molecular complexity index is 1170. The van der Waals surface area contributed by atoms with Gasteiger partial charge >= 0.3 is 0 Å². The summed E-state index contributed by atoms with van der Waals surface area (Å²) < 4.78 is 12.7. The van der Waals surface area contributed by atoms with Crippen LogP contribution >= 0.6 is 0 Å². The largest absolute Gasteiger partial charge is 0.486 e. The van der Waals surface area contributed by atoms with Gasteiger partial charge in [0.15, 0.2) is 17.2 Å². The number of benzene rings is 1. The number of carbonyl (C=O) groups excluding carboxylic acids is 3. The molecule has 0 spiro atoms. The molecule has 1 saturated carbocycles. The molecule has 2 aromatic rings. The maximum Gasteiger partial charge on any atom is 0.272 e. The van der Waals surface area contributed by atoms with Crippen LogP contribution in [-0.4, -0.2) is 64.2 Å². The van der Waals surface area contributed by atoms with E-state index in [4.69, 9.17) is 9.47 Å². The number of hydrogen-bond donors (Lipinski definition) is 2. The molecule has 1 aromatic heterocycles. The molecule has 2 aliphatic heterocycles. The zero-order valence-corrected chi connectivity index (χ0v) is 20.3. The van der Waals surface area contributed by atoms with E-state index in [1.165, 1.54) is 15.6 Å². The van der Waals surface area contributed by atoms with Crippen molar-refractivity contribution in [2.24, 2.45) is 0 Å². The molecule has 0 saturated heterocycles. The molecule has 3 amide bonds. The fourth-order valence-corrected chi connectivity index (χ4v) is 4.93. The molecule has 2 atom stereocenters. The lowest BCUT2D eigenvalue weighted by atomic mass is 9.95. The van der Waals surface area contributed by atoms with Crippen molar-refractivity contribution >= 4 is 17.7 Å². The van der Waals surface area contributed by atoms with Crippen LogP contribution in [0.2, 0.25) is 0 Å². The first-order valence-electron chi connectivity index (χ1n) is 12.1. The average Bonchev–Trinajstić information content (AvgIpc) is 3.52. The monoisotopic (exact) mass is 481 g/mol. The van der Waals surface area contributed by atoms with Gasteiger partial charge in [0.2, 0.25) is 5.91 Å². The minimum absolute atomic E-state index is 0.131. The van der Waals surface area contributed by atoms with Crippen molar-refractivity contribution < 1.29 is 23.9 Å². The summed E-state index contributed by atoms with van der Waals surface area (Å²) >= 11 is 0. The van der Waals surface area contributed by atoms with Crippen molar-refractivity contribution in [2.45, 2.75) is 63.7 Å². The topological polar surface area (TPSA) is 115 Å². The van der Waals surface area contributed by atoms with Crippen LogP contribution in [0.3, 0.4) is 0 Å². The van der Waals surface area contributed by atoms with Crippen molar-refractivity contribution in [3.63, 3.8) is 0 Å². The number of nitrogens with one attached hydrogen (secondary N) is 2. The lowest BCUT2D eigenvalue weighted by Crippen LogP contribution is -2.63. The maximum atomic E-state index is 13.1. The number of fused-ring (bicyclic) bond motifs is 2. The molecular formula is C25H31N5O5. The molecular weight excluding hydrogens is 450 g/mol. The van der Waals surface area contributed by atoms with Gasteiger partial charge in [-0.05, 0) is 44.4 Å². The first kappa shape index (κ1) is 23.2. The molecule has 10 heteroatoms. The van der Waals surface area contributed by atoms with Gasteiger partial charge in [-0.15, -0.1) is 0 Å². The third kappa shape index (κ3) is 4.21. The van der Waals surface area contributed by atoms with Crippen LogP contribution in [-0.2, 0) is 11.3 Å². The van der Waals surface area contributed by atoms with Crippen LogP contribution in [0.15, 0.2) is 24.3 Å². The SMILES string of the molecule is CC(NC(=O)c1cc2n(n1)CC(C)(C(=O)NC1CCCC1)N(C)C2=O)c1ccc2c(c1)OCCO2. The van der Waals surface area contributed by atoms with E-state index in [0.717, 1.165) is 31.2 Å². The first-order chi connectivity index (χ1) is 16.8. The van der Waals surface area contributed by atoms with Gasteiger partial charge in [-0.25, -0.2) is 0 Å². The Morgan fingerprint density at radius 2 is 1.86 bits per heavy atom. The molecule has 0 bridgehead atoms. The molecule has 0 radical (unpaired) electrons. The maximum absolute atomic E-state index is 13.1. The van der Waals surface area contributed by atoms with Crippen LogP contribution < -0.4 is 20.1 Å². The van der Waals surface area contributed by atoms with Gasteiger partial charge < -0.3 is 25.0 Å². The lowest BCUT2D eigenvalue weighted by molar-refractivity contribution is -0.133. The minimum Gasteiger partial charge on any atom is -0.486 e. The summed E-state index contributed by atoms with van der Waals surface area (Å²) in [5, 5.41) is 10.4. The van der Waals surface area contributed by atoms with E-state index in [9.17, 15) is 14.4 Å². The van der Waals surface area contributed by atoms with E-state index in [1.807, 2.05) is 25.1 Å². The molecule has 186 valence electrons. The van der Waals surface area contributed by atoms with Gasteiger partial charge in [-0.2, -0.15) is 5.10 Å². The van der Waals surface area contributed by atoms with Gasteiger partial charge in [-0.1, -0.05) is 18.9 Å². The van der Waals surface area contributed by atoms with E-state index < -0.39 is 11.4 Å². The van der Waals surface area contributed by atoms with Gasteiger partial charge in [0.1, 0.15) is 24.4 Å². The zero-order valence-electron chi connectivity index (χ0n) is 20.3. The Morgan fingerprint density at radius 3 is 2.60 bits per heavy atom. The minimum atomic E-state index is -1.09. The third-order valence-electron chi connectivity index (χ3n) is 7.33. The summed E-state index contributed by atoms with van der Waals surface area (Å²) in [5.41, 5.74) is 0.186. The molecule has 2 N–H and O–H groups in total. The number of hydrogen-bond acceptors (Lipinski definition) is 6. The second-order valence-corrected chi connectivity index (χ2v) is 9.76. The van der Waals surface area contributed by atoms with Crippen molar-refractivity contribution in [3.8, 4) is 11.5 Å². The highest BCUT2D eigenvalue weighted by Crippen LogP contribution is 2.33. The molecule has 5 rings (SSSR count). The van der Waals surface area contributed by atoms with Gasteiger partial charge in [0.05, 0.1) is 12.6 Å². The summed E-state index contributed by atoms with van der Waals surface area (Å²) in [7, 11) is 1.62. The smallest absolute Gasteiger partial charge is 0.272 e. The van der Waals surface area contributed by atoms with Crippen molar-refractivity contribution in [2.75, 3.05) is 20.3 Å². The molecule has 1 aromatic carbocycles. The predicted octanol–water partition coefficient (Wildman–Crippen LogP) is 2.05. The Labute approximate surface area is 203 Å². The van der Waals surface area contributed by atoms with Gasteiger partial charge in [0.25, 0.3) is 11.8 Å². The number of ether oxygens (including phenoxy) is 2. The number of nitrogens with zero attached hydrogens (tertiary/aromatic N) is 3. The summed E-state index contributed by atoms with van der Waals surface area (Å²) in [6, 6.07) is 6.86. The predicted molar refractivity (Wildman–Crippen MR) is 126 cm³/mol. The number of likely N-dealkylation sites (N-methyl/N-ethyl adjacent to an activating group) is 1. The van der Waals surface area contributed by atoms with Crippen LogP contribution in [0.4, 0.5) is 0 Å². The Balaban J connectivity index is 1.31. The lowest BCUT2D eigenvalue weighted by Gasteiger charge is -2.41. The second-order valence-electron chi connectivity index (χ2n) is 9.76. The van der Waals surface area contributed by atoms with Gasteiger partial charge in [0, 0.05) is 19.2 Å². The highest BCUT2D eigenvalue weighted by atomic mass is 16.6. The van der Waals surface area contributed by atoms with Gasteiger partial charge in [-0.3, -0.25) is 19.1 Å². The average molecular weight is 482 g/mol.